The molecule has 0 unspecified atom stereocenters. The first-order valence-corrected chi connectivity index (χ1v) is 4.41. The molecule has 0 amide bonds. The van der Waals surface area contributed by atoms with Crippen molar-refractivity contribution in [3.8, 4) is 0 Å². The first-order chi connectivity index (χ1) is 7.00. The Morgan fingerprint density at radius 2 is 1.60 bits per heavy atom. The van der Waals surface area contributed by atoms with Gasteiger partial charge in [-0.1, -0.05) is 30.3 Å². The zero-order valence-electron chi connectivity index (χ0n) is 7.81. The lowest BCUT2D eigenvalue weighted by Gasteiger charge is -2.11. The number of alkyl halides is 3. The second-order valence-corrected chi connectivity index (χ2v) is 3.31. The van der Waals surface area contributed by atoms with Crippen LogP contribution in [-0.2, 0) is 6.18 Å². The summed E-state index contributed by atoms with van der Waals surface area (Å²) in [5, 5.41) is 1.32. The largest absolute Gasteiger partial charge is 0.416 e. The van der Waals surface area contributed by atoms with Crippen molar-refractivity contribution < 1.29 is 13.2 Å². The highest BCUT2D eigenvalue weighted by molar-refractivity contribution is 5.87. The monoisotopic (exact) mass is 209 g/mol. The number of benzene rings is 2. The fourth-order valence-electron chi connectivity index (χ4n) is 1.60. The second-order valence-electron chi connectivity index (χ2n) is 3.31. The molecule has 2 rings (SSSR count). The Kier molecular flexibility index (Phi) is 2.18. The van der Waals surface area contributed by atoms with Crippen molar-refractivity contribution in [1.82, 2.24) is 0 Å². The van der Waals surface area contributed by atoms with Gasteiger partial charge in [0.05, 0.1) is 5.56 Å². The van der Waals surface area contributed by atoms with Crippen LogP contribution in [0.25, 0.3) is 10.8 Å². The van der Waals surface area contributed by atoms with E-state index in [1.165, 1.54) is 6.07 Å². The lowest BCUT2D eigenvalue weighted by molar-refractivity contribution is -0.137. The summed E-state index contributed by atoms with van der Waals surface area (Å²) in [6, 6.07) is 9.45. The number of fused-ring (bicyclic) bond motifs is 1. The molecule has 0 bridgehead atoms. The van der Waals surface area contributed by atoms with Crippen molar-refractivity contribution in [2.24, 2.45) is 0 Å². The van der Waals surface area contributed by atoms with Gasteiger partial charge in [0.25, 0.3) is 0 Å². The molecule has 0 aliphatic rings. The molecule has 0 N–H and O–H groups in total. The number of rotatable bonds is 0. The Hall–Kier alpha value is -1.51. The van der Waals surface area contributed by atoms with E-state index in [9.17, 15) is 13.2 Å². The Morgan fingerprint density at radius 1 is 0.933 bits per heavy atom. The second kappa shape index (κ2) is 3.26. The van der Waals surface area contributed by atoms with Crippen molar-refractivity contribution in [3.63, 3.8) is 0 Å². The summed E-state index contributed by atoms with van der Waals surface area (Å²) in [5.74, 6) is 0. The van der Waals surface area contributed by atoms with Gasteiger partial charge in [-0.15, -0.1) is 0 Å². The maximum absolute atomic E-state index is 12.5. The Bertz CT molecular complexity index is 498. The number of halogens is 3. The lowest BCUT2D eigenvalue weighted by Crippen LogP contribution is -2.07. The smallest absolute Gasteiger partial charge is 0.166 e. The molecule has 0 atom stereocenters. The van der Waals surface area contributed by atoms with Crippen LogP contribution in [-0.4, -0.2) is 0 Å². The highest BCUT2D eigenvalue weighted by Crippen LogP contribution is 2.34. The molecule has 77 valence electrons. The molecule has 2 aromatic rings. The van der Waals surface area contributed by atoms with E-state index in [0.29, 0.717) is 5.39 Å². The van der Waals surface area contributed by atoms with Gasteiger partial charge in [-0.25, -0.2) is 0 Å². The predicted octanol–water partition coefficient (Wildman–Crippen LogP) is 4.04. The molecule has 0 fully saturated rings. The van der Waals surface area contributed by atoms with Crippen LogP contribution in [0, 0.1) is 6.92 Å². The number of hydrogen-bond donors (Lipinski definition) is 0. The molecule has 0 aliphatic carbocycles. The highest BCUT2D eigenvalue weighted by Gasteiger charge is 2.32. The summed E-state index contributed by atoms with van der Waals surface area (Å²) in [6.07, 6.45) is -4.33. The van der Waals surface area contributed by atoms with Crippen molar-refractivity contribution in [2.75, 3.05) is 0 Å². The summed E-state index contributed by atoms with van der Waals surface area (Å²) in [4.78, 5) is 0. The van der Waals surface area contributed by atoms with E-state index >= 15 is 0 Å². The average Bonchev–Trinajstić information content (AvgIpc) is 2.16. The average molecular weight is 209 g/mol. The topological polar surface area (TPSA) is 0 Å². The SMILES string of the molecule is [CH2]c1c(C(F)(F)F)ccc2ccccc12. The van der Waals surface area contributed by atoms with E-state index in [1.54, 1.807) is 24.3 Å². The van der Waals surface area contributed by atoms with Crippen LogP contribution in [0.1, 0.15) is 11.1 Å². The van der Waals surface area contributed by atoms with E-state index in [0.717, 1.165) is 11.5 Å². The van der Waals surface area contributed by atoms with Gasteiger partial charge >= 0.3 is 6.18 Å². The zero-order chi connectivity index (χ0) is 11.1. The Morgan fingerprint density at radius 3 is 2.27 bits per heavy atom. The molecule has 1 radical (unpaired) electrons. The van der Waals surface area contributed by atoms with Gasteiger partial charge in [0.2, 0.25) is 0 Å². The van der Waals surface area contributed by atoms with Crippen molar-refractivity contribution in [2.45, 2.75) is 6.18 Å². The molecule has 0 saturated heterocycles. The summed E-state index contributed by atoms with van der Waals surface area (Å²) in [7, 11) is 0. The fourth-order valence-corrected chi connectivity index (χ4v) is 1.60. The molecule has 3 heteroatoms. The summed E-state index contributed by atoms with van der Waals surface area (Å²) < 4.78 is 37.6. The van der Waals surface area contributed by atoms with E-state index in [4.69, 9.17) is 0 Å². The Balaban J connectivity index is 2.76. The van der Waals surface area contributed by atoms with E-state index < -0.39 is 11.7 Å². The summed E-state index contributed by atoms with van der Waals surface area (Å²) in [5.41, 5.74) is -0.623. The van der Waals surface area contributed by atoms with E-state index in [1.807, 2.05) is 0 Å². The van der Waals surface area contributed by atoms with Crippen molar-refractivity contribution >= 4 is 10.8 Å². The molecular formula is C12H8F3. The maximum Gasteiger partial charge on any atom is 0.416 e. The van der Waals surface area contributed by atoms with E-state index in [2.05, 4.69) is 6.92 Å². The fraction of sp³-hybridized carbons (Fsp3) is 0.0833. The first-order valence-electron chi connectivity index (χ1n) is 4.41. The van der Waals surface area contributed by atoms with Gasteiger partial charge in [0.15, 0.2) is 0 Å². The molecule has 2 aromatic carbocycles. The van der Waals surface area contributed by atoms with Gasteiger partial charge in [-0.05, 0) is 29.3 Å². The van der Waals surface area contributed by atoms with Crippen LogP contribution >= 0.6 is 0 Å². The third kappa shape index (κ3) is 1.69. The Labute approximate surface area is 85.3 Å². The van der Waals surface area contributed by atoms with Crippen LogP contribution < -0.4 is 0 Å². The van der Waals surface area contributed by atoms with Crippen LogP contribution in [0.4, 0.5) is 13.2 Å². The molecule has 0 heterocycles. The minimum Gasteiger partial charge on any atom is -0.166 e. The van der Waals surface area contributed by atoms with Gasteiger partial charge in [0.1, 0.15) is 0 Å². The van der Waals surface area contributed by atoms with Crippen LogP contribution in [0.3, 0.4) is 0 Å². The molecule has 0 saturated carbocycles. The molecule has 0 aliphatic heterocycles. The van der Waals surface area contributed by atoms with Crippen LogP contribution in [0.2, 0.25) is 0 Å². The van der Waals surface area contributed by atoms with Gasteiger partial charge in [-0.3, -0.25) is 0 Å². The quantitative estimate of drug-likeness (QED) is 0.614. The van der Waals surface area contributed by atoms with Crippen LogP contribution in [0.15, 0.2) is 36.4 Å². The van der Waals surface area contributed by atoms with Crippen molar-refractivity contribution in [3.05, 3.63) is 54.4 Å². The number of hydrogen-bond acceptors (Lipinski definition) is 0. The minimum atomic E-state index is -4.33. The van der Waals surface area contributed by atoms with E-state index in [-0.39, 0.29) is 5.56 Å². The van der Waals surface area contributed by atoms with Gasteiger partial charge in [0, 0.05) is 0 Å². The summed E-state index contributed by atoms with van der Waals surface area (Å²) in [6.45, 7) is 3.50. The van der Waals surface area contributed by atoms with Crippen molar-refractivity contribution in [1.29, 1.82) is 0 Å². The predicted molar refractivity (Wildman–Crippen MR) is 53.4 cm³/mol. The van der Waals surface area contributed by atoms with Crippen LogP contribution in [0.5, 0.6) is 0 Å². The molecule has 0 spiro atoms. The standard InChI is InChI=1S/C12H8F3/c1-8-10-5-3-2-4-9(10)6-7-11(8)12(13,14)15/h2-7H,1H2. The first kappa shape index (κ1) is 10.0. The molecule has 0 aromatic heterocycles. The highest BCUT2D eigenvalue weighted by atomic mass is 19.4. The normalized spacial score (nSPS) is 12.0. The molecule has 0 nitrogen and oxygen atoms in total. The molecule has 15 heavy (non-hydrogen) atoms. The third-order valence-electron chi connectivity index (χ3n) is 2.35. The maximum atomic E-state index is 12.5. The lowest BCUT2D eigenvalue weighted by atomic mass is 10.00. The van der Waals surface area contributed by atoms with Gasteiger partial charge in [-0.2, -0.15) is 13.2 Å². The van der Waals surface area contributed by atoms with Gasteiger partial charge < -0.3 is 0 Å². The molecular weight excluding hydrogens is 201 g/mol. The summed E-state index contributed by atoms with van der Waals surface area (Å²) >= 11 is 0. The zero-order valence-corrected chi connectivity index (χ0v) is 7.81. The minimum absolute atomic E-state index is 0.0422. The third-order valence-corrected chi connectivity index (χ3v) is 2.35.